The molecule has 1 fully saturated rings. The third-order valence-corrected chi connectivity index (χ3v) is 4.14. The number of hydrogen-bond donors (Lipinski definition) is 2. The molecular formula is C18H27N3O3. The normalized spacial score (nSPS) is 18.2. The molecule has 0 saturated carbocycles. The van der Waals surface area contributed by atoms with Crippen LogP contribution in [-0.2, 0) is 16.1 Å². The third-order valence-electron chi connectivity index (χ3n) is 4.14. The van der Waals surface area contributed by atoms with E-state index in [4.69, 9.17) is 4.74 Å². The van der Waals surface area contributed by atoms with Gasteiger partial charge in [0.25, 0.3) is 0 Å². The standard InChI is InChI=1S/C18H27N3O3/c1-13(2)17(22)20-16-6-4-15(5-7-16)12-19-18(23)21-9-11-24-10-8-14(21)3/h4-7,13-14H,8-12H2,1-3H3,(H,19,23)(H,20,22)/t14-/m0/s1. The smallest absolute Gasteiger partial charge is 0.317 e. The van der Waals surface area contributed by atoms with E-state index in [9.17, 15) is 9.59 Å². The monoisotopic (exact) mass is 333 g/mol. The predicted octanol–water partition coefficient (Wildman–Crippen LogP) is 2.60. The molecule has 1 aliphatic heterocycles. The second-order valence-corrected chi connectivity index (χ2v) is 6.44. The van der Waals surface area contributed by atoms with Crippen molar-refractivity contribution in [2.45, 2.75) is 39.8 Å². The number of carbonyl (C=O) groups is 2. The maximum Gasteiger partial charge on any atom is 0.317 e. The summed E-state index contributed by atoms with van der Waals surface area (Å²) < 4.78 is 5.41. The van der Waals surface area contributed by atoms with E-state index in [-0.39, 0.29) is 23.9 Å². The average molecular weight is 333 g/mol. The van der Waals surface area contributed by atoms with Gasteiger partial charge < -0.3 is 20.3 Å². The number of amides is 3. The van der Waals surface area contributed by atoms with Crippen LogP contribution < -0.4 is 10.6 Å². The maximum absolute atomic E-state index is 12.3. The Kier molecular flexibility index (Phi) is 6.61. The van der Waals surface area contributed by atoms with Gasteiger partial charge in [-0.15, -0.1) is 0 Å². The van der Waals surface area contributed by atoms with Gasteiger partial charge in [-0.2, -0.15) is 0 Å². The molecule has 0 radical (unpaired) electrons. The summed E-state index contributed by atoms with van der Waals surface area (Å²) >= 11 is 0. The average Bonchev–Trinajstić information content (AvgIpc) is 2.78. The third kappa shape index (κ3) is 5.23. The summed E-state index contributed by atoms with van der Waals surface area (Å²) in [5, 5.41) is 5.80. The highest BCUT2D eigenvalue weighted by atomic mass is 16.5. The molecule has 0 bridgehead atoms. The Hall–Kier alpha value is -2.08. The van der Waals surface area contributed by atoms with Crippen LogP contribution in [0.2, 0.25) is 0 Å². The van der Waals surface area contributed by atoms with E-state index >= 15 is 0 Å². The maximum atomic E-state index is 12.3. The van der Waals surface area contributed by atoms with Gasteiger partial charge in [0.15, 0.2) is 0 Å². The van der Waals surface area contributed by atoms with Gasteiger partial charge in [0.05, 0.1) is 6.61 Å². The van der Waals surface area contributed by atoms with Crippen LogP contribution in [0.15, 0.2) is 24.3 Å². The summed E-state index contributed by atoms with van der Waals surface area (Å²) in [5.74, 6) is -0.0584. The van der Waals surface area contributed by atoms with Crippen LogP contribution >= 0.6 is 0 Å². The van der Waals surface area contributed by atoms with Gasteiger partial charge in [-0.1, -0.05) is 26.0 Å². The number of hydrogen-bond acceptors (Lipinski definition) is 3. The minimum Gasteiger partial charge on any atom is -0.380 e. The second-order valence-electron chi connectivity index (χ2n) is 6.44. The van der Waals surface area contributed by atoms with Gasteiger partial charge in [0.2, 0.25) is 5.91 Å². The van der Waals surface area contributed by atoms with E-state index in [1.54, 1.807) is 0 Å². The number of benzene rings is 1. The van der Waals surface area contributed by atoms with E-state index in [1.165, 1.54) is 0 Å². The van der Waals surface area contributed by atoms with Gasteiger partial charge in [-0.3, -0.25) is 4.79 Å². The zero-order valence-corrected chi connectivity index (χ0v) is 14.7. The lowest BCUT2D eigenvalue weighted by molar-refractivity contribution is -0.118. The van der Waals surface area contributed by atoms with Crippen LogP contribution in [0.25, 0.3) is 0 Å². The predicted molar refractivity (Wildman–Crippen MR) is 93.7 cm³/mol. The first-order chi connectivity index (χ1) is 11.5. The van der Waals surface area contributed by atoms with Gasteiger partial charge >= 0.3 is 6.03 Å². The lowest BCUT2D eigenvalue weighted by atomic mass is 10.1. The van der Waals surface area contributed by atoms with Crippen molar-refractivity contribution in [2.24, 2.45) is 5.92 Å². The van der Waals surface area contributed by atoms with Gasteiger partial charge in [0.1, 0.15) is 0 Å². The van der Waals surface area contributed by atoms with Crippen molar-refractivity contribution < 1.29 is 14.3 Å². The van der Waals surface area contributed by atoms with Crippen molar-refractivity contribution in [1.29, 1.82) is 0 Å². The quantitative estimate of drug-likeness (QED) is 0.890. The molecule has 1 aliphatic rings. The molecule has 1 aromatic carbocycles. The van der Waals surface area contributed by atoms with Crippen LogP contribution in [0.1, 0.15) is 32.8 Å². The topological polar surface area (TPSA) is 70.7 Å². The Morgan fingerprint density at radius 1 is 1.25 bits per heavy atom. The molecule has 1 saturated heterocycles. The van der Waals surface area contributed by atoms with Crippen LogP contribution in [-0.4, -0.2) is 42.6 Å². The van der Waals surface area contributed by atoms with Crippen LogP contribution in [0, 0.1) is 5.92 Å². The van der Waals surface area contributed by atoms with Crippen molar-refractivity contribution in [3.63, 3.8) is 0 Å². The van der Waals surface area contributed by atoms with E-state index in [0.29, 0.717) is 26.3 Å². The Morgan fingerprint density at radius 3 is 2.62 bits per heavy atom. The van der Waals surface area contributed by atoms with E-state index in [1.807, 2.05) is 49.9 Å². The molecule has 2 N–H and O–H groups in total. The first-order valence-electron chi connectivity index (χ1n) is 8.49. The molecule has 24 heavy (non-hydrogen) atoms. The summed E-state index contributed by atoms with van der Waals surface area (Å²) in [7, 11) is 0. The van der Waals surface area contributed by atoms with Crippen LogP contribution in [0.5, 0.6) is 0 Å². The van der Waals surface area contributed by atoms with Crippen molar-refractivity contribution in [3.05, 3.63) is 29.8 Å². The number of anilines is 1. The van der Waals surface area contributed by atoms with Gasteiger partial charge in [-0.05, 0) is 31.0 Å². The highest BCUT2D eigenvalue weighted by Gasteiger charge is 2.21. The molecular weight excluding hydrogens is 306 g/mol. The van der Waals surface area contributed by atoms with Crippen molar-refractivity contribution in [3.8, 4) is 0 Å². The molecule has 132 valence electrons. The molecule has 1 aromatic rings. The Morgan fingerprint density at radius 2 is 1.96 bits per heavy atom. The molecule has 3 amide bonds. The highest BCUT2D eigenvalue weighted by Crippen LogP contribution is 2.12. The van der Waals surface area contributed by atoms with E-state index in [2.05, 4.69) is 10.6 Å². The Bertz CT molecular complexity index is 557. The molecule has 0 spiro atoms. The molecule has 1 atom stereocenters. The minimum absolute atomic E-state index is 0.00609. The number of nitrogens with zero attached hydrogens (tertiary/aromatic N) is 1. The number of nitrogens with one attached hydrogen (secondary N) is 2. The lowest BCUT2D eigenvalue weighted by Crippen LogP contribution is -2.45. The number of urea groups is 1. The molecule has 6 heteroatoms. The fraction of sp³-hybridized carbons (Fsp3) is 0.556. The summed E-state index contributed by atoms with van der Waals surface area (Å²) in [4.78, 5) is 25.8. The summed E-state index contributed by atoms with van der Waals surface area (Å²) in [6, 6.07) is 7.64. The van der Waals surface area contributed by atoms with Crippen molar-refractivity contribution in [2.75, 3.05) is 25.1 Å². The zero-order valence-electron chi connectivity index (χ0n) is 14.7. The number of rotatable bonds is 4. The van der Waals surface area contributed by atoms with Crippen LogP contribution in [0.4, 0.5) is 10.5 Å². The first kappa shape index (κ1) is 18.3. The summed E-state index contributed by atoms with van der Waals surface area (Å²) in [6.45, 7) is 8.12. The largest absolute Gasteiger partial charge is 0.380 e. The van der Waals surface area contributed by atoms with Gasteiger partial charge in [-0.25, -0.2) is 4.79 Å². The van der Waals surface area contributed by atoms with Gasteiger partial charge in [0, 0.05) is 37.3 Å². The molecule has 0 aromatic heterocycles. The number of carbonyl (C=O) groups excluding carboxylic acids is 2. The SMILES string of the molecule is CC(C)C(=O)Nc1ccc(CNC(=O)N2CCOCC[C@@H]2C)cc1. The fourth-order valence-electron chi connectivity index (χ4n) is 2.47. The van der Waals surface area contributed by atoms with E-state index in [0.717, 1.165) is 17.7 Å². The molecule has 6 nitrogen and oxygen atoms in total. The first-order valence-corrected chi connectivity index (χ1v) is 8.49. The number of ether oxygens (including phenoxy) is 1. The minimum atomic E-state index is -0.0646. The second kappa shape index (κ2) is 8.68. The summed E-state index contributed by atoms with van der Waals surface area (Å²) in [5.41, 5.74) is 1.76. The molecule has 0 aliphatic carbocycles. The van der Waals surface area contributed by atoms with Crippen LogP contribution in [0.3, 0.4) is 0 Å². The molecule has 1 heterocycles. The fourth-order valence-corrected chi connectivity index (χ4v) is 2.47. The molecule has 0 unspecified atom stereocenters. The van der Waals surface area contributed by atoms with Crippen molar-refractivity contribution in [1.82, 2.24) is 10.2 Å². The zero-order chi connectivity index (χ0) is 17.5. The lowest BCUT2D eigenvalue weighted by Gasteiger charge is -2.26. The van der Waals surface area contributed by atoms with Crippen molar-refractivity contribution >= 4 is 17.6 Å². The van der Waals surface area contributed by atoms with E-state index < -0.39 is 0 Å². The molecule has 2 rings (SSSR count). The highest BCUT2D eigenvalue weighted by molar-refractivity contribution is 5.92. The summed E-state index contributed by atoms with van der Waals surface area (Å²) in [6.07, 6.45) is 0.859. The Labute approximate surface area is 143 Å². The Balaban J connectivity index is 1.85.